The zero-order chi connectivity index (χ0) is 24.7. The molecule has 192 valence electrons. The number of ether oxygens (including phenoxy) is 1. The molecule has 5 rings (SSSR count). The number of carbonyl (C=O) groups is 2. The number of nitrogens with zero attached hydrogens (tertiary/aromatic N) is 2. The highest BCUT2D eigenvalue weighted by atomic mass is 16.5. The Kier molecular flexibility index (Phi) is 8.18. The van der Waals surface area contributed by atoms with Crippen molar-refractivity contribution in [2.45, 2.75) is 45.1 Å². The Morgan fingerprint density at radius 3 is 2.56 bits per heavy atom. The van der Waals surface area contributed by atoms with Crippen LogP contribution < -0.4 is 15.5 Å². The molecule has 0 unspecified atom stereocenters. The van der Waals surface area contributed by atoms with E-state index < -0.39 is 0 Å². The van der Waals surface area contributed by atoms with Gasteiger partial charge in [0.2, 0.25) is 5.91 Å². The predicted molar refractivity (Wildman–Crippen MR) is 142 cm³/mol. The zero-order valence-electron chi connectivity index (χ0n) is 21.1. The van der Waals surface area contributed by atoms with Crippen LogP contribution in [0.4, 0.5) is 11.4 Å². The van der Waals surface area contributed by atoms with Crippen molar-refractivity contribution in [2.24, 2.45) is 5.92 Å². The predicted octanol–water partition coefficient (Wildman–Crippen LogP) is 3.83. The standard InChI is InChI=1S/C29H38N4O3/c34-28(23-7-2-3-8-23)31-25-10-11-27(33-15-12-22-6-1-4-9-24(22)21-33)26(20-25)29(35)30-13-5-14-32-16-18-36-19-17-32/h1,4,6,9-11,20,23H,2-3,5,7-8,12-19,21H2,(H,30,35)(H,31,34). The summed E-state index contributed by atoms with van der Waals surface area (Å²) in [7, 11) is 0. The Morgan fingerprint density at radius 1 is 0.972 bits per heavy atom. The number of anilines is 2. The summed E-state index contributed by atoms with van der Waals surface area (Å²) in [6, 6.07) is 14.3. The van der Waals surface area contributed by atoms with Crippen LogP contribution in [0.1, 0.15) is 53.6 Å². The van der Waals surface area contributed by atoms with E-state index >= 15 is 0 Å². The molecular formula is C29H38N4O3. The van der Waals surface area contributed by atoms with Crippen molar-refractivity contribution in [3.63, 3.8) is 0 Å². The monoisotopic (exact) mass is 490 g/mol. The van der Waals surface area contributed by atoms with Gasteiger partial charge in [0, 0.05) is 50.0 Å². The fourth-order valence-corrected chi connectivity index (χ4v) is 5.63. The third kappa shape index (κ3) is 6.08. The highest BCUT2D eigenvalue weighted by Crippen LogP contribution is 2.31. The maximum atomic E-state index is 13.4. The molecule has 0 radical (unpaired) electrons. The molecule has 0 atom stereocenters. The van der Waals surface area contributed by atoms with E-state index in [1.54, 1.807) is 0 Å². The molecule has 2 fully saturated rings. The van der Waals surface area contributed by atoms with Crippen LogP contribution in [-0.2, 0) is 22.5 Å². The Balaban J connectivity index is 1.29. The highest BCUT2D eigenvalue weighted by Gasteiger charge is 2.25. The van der Waals surface area contributed by atoms with Crippen LogP contribution >= 0.6 is 0 Å². The molecule has 3 aliphatic rings. The molecule has 2 aromatic rings. The summed E-state index contributed by atoms with van der Waals surface area (Å²) in [6.45, 7) is 6.70. The second-order valence-corrected chi connectivity index (χ2v) is 10.2. The van der Waals surface area contributed by atoms with E-state index in [1.807, 2.05) is 18.2 Å². The SMILES string of the molecule is O=C(NCCCN1CCOCC1)c1cc(NC(=O)C2CCCC2)ccc1N1CCc2ccccc2C1. The first-order valence-electron chi connectivity index (χ1n) is 13.5. The second kappa shape index (κ2) is 11.9. The van der Waals surface area contributed by atoms with Gasteiger partial charge in [0.25, 0.3) is 5.91 Å². The molecule has 1 aliphatic carbocycles. The van der Waals surface area contributed by atoms with Gasteiger partial charge in [0.15, 0.2) is 0 Å². The van der Waals surface area contributed by atoms with Crippen LogP contribution in [0.25, 0.3) is 0 Å². The molecular weight excluding hydrogens is 452 g/mol. The lowest BCUT2D eigenvalue weighted by Crippen LogP contribution is -2.38. The van der Waals surface area contributed by atoms with Crippen LogP contribution in [0.3, 0.4) is 0 Å². The van der Waals surface area contributed by atoms with Gasteiger partial charge in [0.1, 0.15) is 0 Å². The summed E-state index contributed by atoms with van der Waals surface area (Å²) < 4.78 is 5.42. The van der Waals surface area contributed by atoms with Crippen molar-refractivity contribution in [3.05, 3.63) is 59.2 Å². The minimum Gasteiger partial charge on any atom is -0.379 e. The zero-order valence-corrected chi connectivity index (χ0v) is 21.1. The summed E-state index contributed by atoms with van der Waals surface area (Å²) in [5.74, 6) is 0.0764. The van der Waals surface area contributed by atoms with Gasteiger partial charge in [-0.15, -0.1) is 0 Å². The number of benzene rings is 2. The van der Waals surface area contributed by atoms with Gasteiger partial charge in [0.05, 0.1) is 18.8 Å². The molecule has 2 aromatic carbocycles. The lowest BCUT2D eigenvalue weighted by molar-refractivity contribution is -0.119. The first-order chi connectivity index (χ1) is 17.7. The van der Waals surface area contributed by atoms with Gasteiger partial charge in [-0.2, -0.15) is 0 Å². The van der Waals surface area contributed by atoms with Crippen LogP contribution in [0.2, 0.25) is 0 Å². The van der Waals surface area contributed by atoms with Gasteiger partial charge < -0.3 is 20.3 Å². The minimum absolute atomic E-state index is 0.0732. The average molecular weight is 491 g/mol. The topological polar surface area (TPSA) is 73.9 Å². The van der Waals surface area contributed by atoms with Crippen molar-refractivity contribution in [3.8, 4) is 0 Å². The Bertz CT molecular complexity index is 1060. The summed E-state index contributed by atoms with van der Waals surface area (Å²) in [4.78, 5) is 30.8. The third-order valence-corrected chi connectivity index (χ3v) is 7.75. The van der Waals surface area contributed by atoms with E-state index in [4.69, 9.17) is 4.74 Å². The summed E-state index contributed by atoms with van der Waals surface area (Å²) >= 11 is 0. The van der Waals surface area contributed by atoms with Crippen molar-refractivity contribution in [1.29, 1.82) is 0 Å². The first kappa shape index (κ1) is 24.8. The molecule has 0 spiro atoms. The van der Waals surface area contributed by atoms with Gasteiger partial charge in [-0.05, 0) is 61.6 Å². The van der Waals surface area contributed by atoms with Crippen molar-refractivity contribution < 1.29 is 14.3 Å². The lowest BCUT2D eigenvalue weighted by Gasteiger charge is -2.32. The number of hydrogen-bond acceptors (Lipinski definition) is 5. The van der Waals surface area contributed by atoms with E-state index in [9.17, 15) is 9.59 Å². The second-order valence-electron chi connectivity index (χ2n) is 10.2. The lowest BCUT2D eigenvalue weighted by atomic mass is 9.98. The quantitative estimate of drug-likeness (QED) is 0.550. The van der Waals surface area contributed by atoms with E-state index in [1.165, 1.54) is 11.1 Å². The summed E-state index contributed by atoms with van der Waals surface area (Å²) in [5, 5.41) is 6.22. The van der Waals surface area contributed by atoms with Crippen LogP contribution in [-0.4, -0.2) is 62.7 Å². The molecule has 1 saturated carbocycles. The number of hydrogen-bond donors (Lipinski definition) is 2. The molecule has 2 amide bonds. The van der Waals surface area contributed by atoms with Crippen LogP contribution in [0.15, 0.2) is 42.5 Å². The fraction of sp³-hybridized carbons (Fsp3) is 0.517. The average Bonchev–Trinajstić information content (AvgIpc) is 3.47. The molecule has 2 heterocycles. The van der Waals surface area contributed by atoms with Gasteiger partial charge in [-0.1, -0.05) is 37.1 Å². The normalized spacial score (nSPS) is 18.6. The van der Waals surface area contributed by atoms with E-state index in [0.717, 1.165) is 90.1 Å². The highest BCUT2D eigenvalue weighted by molar-refractivity contribution is 6.02. The molecule has 0 aromatic heterocycles. The smallest absolute Gasteiger partial charge is 0.253 e. The number of fused-ring (bicyclic) bond motifs is 1. The molecule has 36 heavy (non-hydrogen) atoms. The number of amides is 2. The summed E-state index contributed by atoms with van der Waals surface area (Å²) in [6.07, 6.45) is 5.99. The van der Waals surface area contributed by atoms with Gasteiger partial charge >= 0.3 is 0 Å². The summed E-state index contributed by atoms with van der Waals surface area (Å²) in [5.41, 5.74) is 4.94. The molecule has 2 aliphatic heterocycles. The van der Waals surface area contributed by atoms with Crippen molar-refractivity contribution >= 4 is 23.2 Å². The maximum Gasteiger partial charge on any atom is 0.253 e. The van der Waals surface area contributed by atoms with E-state index in [2.05, 4.69) is 44.7 Å². The minimum atomic E-state index is -0.0807. The number of rotatable bonds is 8. The van der Waals surface area contributed by atoms with E-state index in [-0.39, 0.29) is 17.7 Å². The fourth-order valence-electron chi connectivity index (χ4n) is 5.63. The largest absolute Gasteiger partial charge is 0.379 e. The maximum absolute atomic E-state index is 13.4. The molecule has 1 saturated heterocycles. The van der Waals surface area contributed by atoms with E-state index in [0.29, 0.717) is 17.8 Å². The van der Waals surface area contributed by atoms with Crippen molar-refractivity contribution in [1.82, 2.24) is 10.2 Å². The molecule has 7 nitrogen and oxygen atoms in total. The van der Waals surface area contributed by atoms with Crippen LogP contribution in [0, 0.1) is 5.92 Å². The van der Waals surface area contributed by atoms with Gasteiger partial charge in [-0.25, -0.2) is 0 Å². The molecule has 7 heteroatoms. The Labute approximate surface area is 214 Å². The number of carbonyl (C=O) groups excluding carboxylic acids is 2. The Morgan fingerprint density at radius 2 is 1.75 bits per heavy atom. The molecule has 0 bridgehead atoms. The molecule has 2 N–H and O–H groups in total. The third-order valence-electron chi connectivity index (χ3n) is 7.75. The number of nitrogens with one attached hydrogen (secondary N) is 2. The van der Waals surface area contributed by atoms with Gasteiger partial charge in [-0.3, -0.25) is 14.5 Å². The number of morpholine rings is 1. The Hall–Kier alpha value is -2.90. The van der Waals surface area contributed by atoms with Crippen molar-refractivity contribution in [2.75, 3.05) is 56.2 Å². The first-order valence-corrected chi connectivity index (χ1v) is 13.5. The van der Waals surface area contributed by atoms with Crippen LogP contribution in [0.5, 0.6) is 0 Å².